The van der Waals surface area contributed by atoms with E-state index in [0.717, 1.165) is 12.0 Å². The Morgan fingerprint density at radius 1 is 0.825 bits per heavy atom. The topological polar surface area (TPSA) is 136 Å². The van der Waals surface area contributed by atoms with Gasteiger partial charge in [-0.3, -0.25) is 14.1 Å². The first-order valence-corrected chi connectivity index (χ1v) is 19.3. The maximum absolute atomic E-state index is 13.7. The summed E-state index contributed by atoms with van der Waals surface area (Å²) in [4.78, 5) is 25.9. The SMILES string of the molecule is CCC(C)(C)C(=O)OC12CC3CC(C1)CC(C(=O)OC(CS(=O)(=O)O)(C(F)(F)F)C(F)(F)F)(C3)C2.CCC(C)c1ccc(OCC(O)(C(F)(F)F)C(F)(F)F)cc1. The highest BCUT2D eigenvalue weighted by atomic mass is 32.2. The van der Waals surface area contributed by atoms with Gasteiger partial charge in [-0.1, -0.05) is 32.9 Å². The molecule has 0 saturated heterocycles. The van der Waals surface area contributed by atoms with Crippen molar-refractivity contribution in [1.82, 2.24) is 0 Å². The lowest BCUT2D eigenvalue weighted by atomic mass is 9.48. The first-order valence-electron chi connectivity index (χ1n) is 17.7. The third kappa shape index (κ3) is 10.2. The fraction of sp³-hybridized carbons (Fsp3) is 0.771. The van der Waals surface area contributed by atoms with Crippen LogP contribution in [0.5, 0.6) is 5.75 Å². The van der Waals surface area contributed by atoms with Crippen molar-refractivity contribution in [2.45, 2.75) is 133 Å². The molecule has 0 aromatic heterocycles. The lowest BCUT2D eigenvalue weighted by Gasteiger charge is -2.60. The molecule has 0 radical (unpaired) electrons. The predicted molar refractivity (Wildman–Crippen MR) is 175 cm³/mol. The van der Waals surface area contributed by atoms with Crippen LogP contribution in [0.15, 0.2) is 24.3 Å². The zero-order valence-electron chi connectivity index (χ0n) is 31.3. The van der Waals surface area contributed by atoms with Gasteiger partial charge in [0.1, 0.15) is 23.7 Å². The van der Waals surface area contributed by atoms with Crippen LogP contribution in [0.4, 0.5) is 52.7 Å². The molecule has 0 amide bonds. The number of hydrogen-bond acceptors (Lipinski definition) is 8. The Morgan fingerprint density at radius 3 is 1.68 bits per heavy atom. The largest absolute Gasteiger partial charge is 0.490 e. The number of hydrogen-bond donors (Lipinski definition) is 2. The first kappa shape index (κ1) is 48.4. The van der Waals surface area contributed by atoms with Gasteiger partial charge in [-0.2, -0.15) is 61.1 Å². The molecule has 1 aromatic carbocycles. The fourth-order valence-electron chi connectivity index (χ4n) is 7.65. The zero-order chi connectivity index (χ0) is 44.1. The Kier molecular flexibility index (Phi) is 13.5. The maximum atomic E-state index is 13.7. The molecule has 0 spiro atoms. The van der Waals surface area contributed by atoms with Crippen LogP contribution in [0.2, 0.25) is 0 Å². The Morgan fingerprint density at radius 2 is 1.30 bits per heavy atom. The number of ether oxygens (including phenoxy) is 3. The highest BCUT2D eigenvalue weighted by Crippen LogP contribution is 2.64. The van der Waals surface area contributed by atoms with Crippen molar-refractivity contribution in [3.8, 4) is 5.75 Å². The monoisotopic (exact) mass is 868 g/mol. The van der Waals surface area contributed by atoms with Crippen molar-refractivity contribution in [2.75, 3.05) is 12.4 Å². The smallest absolute Gasteiger partial charge is 0.438 e. The highest BCUT2D eigenvalue weighted by molar-refractivity contribution is 7.85. The van der Waals surface area contributed by atoms with E-state index in [1.54, 1.807) is 32.9 Å². The minimum absolute atomic E-state index is 0.0729. The van der Waals surface area contributed by atoms with Gasteiger partial charge in [0, 0.05) is 6.42 Å². The van der Waals surface area contributed by atoms with E-state index in [0.29, 0.717) is 25.7 Å². The third-order valence-corrected chi connectivity index (χ3v) is 12.0. The number of carbonyl (C=O) groups is 2. The van der Waals surface area contributed by atoms with Crippen molar-refractivity contribution >= 4 is 22.1 Å². The van der Waals surface area contributed by atoms with Gasteiger partial charge in [0.25, 0.3) is 15.7 Å². The highest BCUT2D eigenvalue weighted by Gasteiger charge is 2.77. The lowest BCUT2D eigenvalue weighted by molar-refractivity contribution is -0.373. The van der Waals surface area contributed by atoms with E-state index in [4.69, 9.17) is 14.4 Å². The normalized spacial score (nSPS) is 25.0. The number of rotatable bonds is 12. The van der Waals surface area contributed by atoms with E-state index >= 15 is 0 Å². The molecule has 9 nitrogen and oxygen atoms in total. The lowest BCUT2D eigenvalue weighted by Crippen LogP contribution is -2.66. The number of aliphatic hydroxyl groups is 1. The maximum Gasteiger partial charge on any atom is 0.438 e. The molecule has 328 valence electrons. The van der Waals surface area contributed by atoms with Gasteiger partial charge in [0.2, 0.25) is 0 Å². The molecule has 2 N–H and O–H groups in total. The van der Waals surface area contributed by atoms with E-state index in [1.807, 2.05) is 13.8 Å². The minimum Gasteiger partial charge on any atom is -0.490 e. The standard InChI is InChI=1S/C21H28F6O7S.C14H16F6O2/c1-4-16(2,3)14(28)33-18-8-12-5-13(9-18)7-17(6-12,10-18)15(29)34-19(20(22,23)24,21(25,26)27)11-35(30,31)32;1-3-9(2)10-4-6-11(7-5-10)22-8-12(21,13(15,16)17)14(18,19)20/h12-13H,4-11H2,1-3H3,(H,30,31,32);4-7,9,21H,3,8H2,1-2H3. The van der Waals surface area contributed by atoms with Crippen LogP contribution in [-0.2, 0) is 29.2 Å². The number of esters is 2. The van der Waals surface area contributed by atoms with Crippen molar-refractivity contribution in [3.05, 3.63) is 29.8 Å². The van der Waals surface area contributed by atoms with Crippen molar-refractivity contribution in [2.24, 2.45) is 22.7 Å². The molecule has 4 aliphatic rings. The van der Waals surface area contributed by atoms with Crippen LogP contribution >= 0.6 is 0 Å². The van der Waals surface area contributed by atoms with Crippen LogP contribution < -0.4 is 4.74 Å². The van der Waals surface area contributed by atoms with Gasteiger partial charge in [-0.05, 0) is 94.2 Å². The van der Waals surface area contributed by atoms with Gasteiger partial charge >= 0.3 is 42.2 Å². The summed E-state index contributed by atoms with van der Waals surface area (Å²) in [5.74, 6) is -5.94. The van der Waals surface area contributed by atoms with Gasteiger partial charge in [-0.25, -0.2) is 0 Å². The molecule has 4 bridgehead atoms. The van der Waals surface area contributed by atoms with Gasteiger partial charge in [0.05, 0.1) is 10.8 Å². The molecule has 57 heavy (non-hydrogen) atoms. The Labute approximate surface area is 320 Å². The molecular formula is C35H44F12O9S. The van der Waals surface area contributed by atoms with Crippen molar-refractivity contribution in [3.63, 3.8) is 0 Å². The second-order valence-electron chi connectivity index (χ2n) is 16.0. The Hall–Kier alpha value is -3.01. The summed E-state index contributed by atoms with van der Waals surface area (Å²) in [5.41, 5.74) is -13.4. The minimum atomic E-state index is -6.39. The molecule has 1 aromatic rings. The van der Waals surface area contributed by atoms with Gasteiger partial charge in [-0.15, -0.1) is 0 Å². The second kappa shape index (κ2) is 15.9. The van der Waals surface area contributed by atoms with Crippen molar-refractivity contribution < 1.29 is 94.6 Å². The fourth-order valence-corrected chi connectivity index (χ4v) is 8.55. The Balaban J connectivity index is 0.000000341. The molecule has 4 saturated carbocycles. The van der Waals surface area contributed by atoms with Crippen LogP contribution in [-0.4, -0.2) is 83.9 Å². The summed E-state index contributed by atoms with van der Waals surface area (Å²) in [6, 6.07) is 5.66. The molecule has 3 atom stereocenters. The van der Waals surface area contributed by atoms with Crippen LogP contribution in [0.1, 0.15) is 97.5 Å². The van der Waals surface area contributed by atoms with Crippen LogP contribution in [0.3, 0.4) is 0 Å². The molecule has 4 fully saturated rings. The average molecular weight is 869 g/mol. The van der Waals surface area contributed by atoms with E-state index in [-0.39, 0.29) is 42.8 Å². The molecule has 3 unspecified atom stereocenters. The number of benzene rings is 1. The number of halogens is 12. The van der Waals surface area contributed by atoms with Crippen molar-refractivity contribution in [1.29, 1.82) is 0 Å². The number of alkyl halides is 12. The molecule has 5 rings (SSSR count). The quantitative estimate of drug-likeness (QED) is 0.120. The van der Waals surface area contributed by atoms with Crippen LogP contribution in [0.25, 0.3) is 0 Å². The third-order valence-electron chi connectivity index (χ3n) is 11.2. The molecule has 22 heteroatoms. The summed E-state index contributed by atoms with van der Waals surface area (Å²) >= 11 is 0. The van der Waals surface area contributed by atoms with Gasteiger partial charge < -0.3 is 19.3 Å². The molecule has 4 aliphatic carbocycles. The molecular weight excluding hydrogens is 824 g/mol. The van der Waals surface area contributed by atoms with E-state index < -0.39 is 86.8 Å². The average Bonchev–Trinajstić information content (AvgIpc) is 3.03. The predicted octanol–water partition coefficient (Wildman–Crippen LogP) is 9.03. The Bertz CT molecular complexity index is 1660. The number of carbonyl (C=O) groups excluding carboxylic acids is 2. The summed E-state index contributed by atoms with van der Waals surface area (Å²) in [6.45, 7) is 6.95. The first-order chi connectivity index (χ1) is 25.5. The van der Waals surface area contributed by atoms with Crippen LogP contribution in [0, 0.1) is 22.7 Å². The summed E-state index contributed by atoms with van der Waals surface area (Å²) in [7, 11) is -5.88. The van der Waals surface area contributed by atoms with E-state index in [1.165, 1.54) is 12.1 Å². The molecule has 0 heterocycles. The summed E-state index contributed by atoms with van der Waals surface area (Å²) in [6.07, 6.45) is -22.6. The zero-order valence-corrected chi connectivity index (χ0v) is 32.1. The van der Waals surface area contributed by atoms with Gasteiger partial charge in [0.15, 0.2) is 0 Å². The van der Waals surface area contributed by atoms with E-state index in [2.05, 4.69) is 9.47 Å². The summed E-state index contributed by atoms with van der Waals surface area (Å²) in [5, 5.41) is 8.95. The molecule has 0 aliphatic heterocycles. The second-order valence-corrected chi connectivity index (χ2v) is 17.5. The van der Waals surface area contributed by atoms with E-state index in [9.17, 15) is 70.7 Å². The summed E-state index contributed by atoms with van der Waals surface area (Å²) < 4.78 is 203.